The Morgan fingerprint density at radius 2 is 0.606 bits per heavy atom. The zero-order valence-corrected chi connectivity index (χ0v) is 63.5. The van der Waals surface area contributed by atoms with Crippen molar-refractivity contribution < 1.29 is 120 Å². The minimum Gasteiger partial charge on any atom is -0.464 e. The van der Waals surface area contributed by atoms with E-state index in [1.165, 1.54) is 0 Å². The third kappa shape index (κ3) is 13.0. The number of hydrogen-bond donors (Lipinski definition) is 0. The molecule has 20 rings (SSSR count). The molecule has 4 aliphatic carbocycles. The molecule has 586 valence electrons. The topological polar surface area (TPSA) is 269 Å². The molecule has 16 saturated heterocycles. The molecule has 32 atom stereocenters. The van der Waals surface area contributed by atoms with Gasteiger partial charge in [-0.2, -0.15) is 0 Å². The van der Waals surface area contributed by atoms with Crippen LogP contribution < -0.4 is 0 Å². The van der Waals surface area contributed by atoms with Crippen molar-refractivity contribution in [3.63, 3.8) is 0 Å². The molecular weight excluding hydrogens is 1350 g/mol. The maximum Gasteiger partial charge on any atom is 0.510 e. The van der Waals surface area contributed by atoms with Crippen LogP contribution in [-0.4, -0.2) is 195 Å². The highest BCUT2D eigenvalue weighted by Crippen LogP contribution is 2.66. The summed E-state index contributed by atoms with van der Waals surface area (Å²) in [6.07, 6.45) is 7.59. The SMILES string of the molecule is C[C@@H]1CC[C@H]2[C@@H](C)C(CC(=O)OCCN(CCOC(=O)CC3O[C@@H]4O[C@]5(C)CC[C@H]6[C@H](C)CC[C@@H]([C@H]3C)[C@@]46OO5)CCN(CCOC(=O)CC3O[C@@H]4O[C@]5(C)CC[C@H]6[C@H](C)CC[C@@H]([C@H]3C)[C@@]46OO5)CCOC(=O)OC3O[C@@H]4O[C@]5(C)CC[C@H]6[C@H](C)CC[C@@H]([C@H]3C)[C@@]46OO5)O[C@@H]3O[C@]4(C)CC[C@@H]1[C@]32OO4. The Bertz CT molecular complexity index is 2740. The summed E-state index contributed by atoms with van der Waals surface area (Å²) in [5.74, 6) is -3.30. The molecule has 4 saturated carbocycles. The molecule has 0 aromatic heterocycles. The van der Waals surface area contributed by atoms with Gasteiger partial charge in [0.1, 0.15) is 26.4 Å². The highest BCUT2D eigenvalue weighted by atomic mass is 17.3. The fourth-order valence-electron chi connectivity index (χ4n) is 23.5. The van der Waals surface area contributed by atoms with E-state index in [0.29, 0.717) is 62.4 Å². The number of carbonyl (C=O) groups excluding carboxylic acids is 4. The summed E-state index contributed by atoms with van der Waals surface area (Å²) in [4.78, 5) is 110. The minimum atomic E-state index is -1.01. The lowest BCUT2D eigenvalue weighted by atomic mass is 9.57. The van der Waals surface area contributed by atoms with E-state index >= 15 is 0 Å². The number of carbonyl (C=O) groups is 4. The minimum absolute atomic E-state index is 0.00496. The van der Waals surface area contributed by atoms with Crippen LogP contribution in [0.4, 0.5) is 4.79 Å². The molecule has 4 unspecified atom stereocenters. The Kier molecular flexibility index (Phi) is 20.6. The Balaban J connectivity index is 0.592. The molecule has 20 fully saturated rings. The van der Waals surface area contributed by atoms with E-state index < -0.39 is 119 Å². The molecule has 16 heterocycles. The summed E-state index contributed by atoms with van der Waals surface area (Å²) < 4.78 is 83.6. The Labute approximate surface area is 612 Å². The third-order valence-corrected chi connectivity index (χ3v) is 29.7. The van der Waals surface area contributed by atoms with Crippen LogP contribution in [0.1, 0.15) is 205 Å². The molecule has 0 amide bonds. The van der Waals surface area contributed by atoms with Gasteiger partial charge >= 0.3 is 24.1 Å². The van der Waals surface area contributed by atoms with E-state index in [0.717, 1.165) is 77.0 Å². The van der Waals surface area contributed by atoms with Gasteiger partial charge in [0, 0.05) is 94.5 Å². The van der Waals surface area contributed by atoms with Crippen molar-refractivity contribution in [1.82, 2.24) is 9.80 Å². The lowest BCUT2D eigenvalue weighted by molar-refractivity contribution is -0.576. The van der Waals surface area contributed by atoms with E-state index in [1.807, 2.05) is 39.5 Å². The van der Waals surface area contributed by atoms with Gasteiger partial charge in [-0.15, -0.1) is 0 Å². The second kappa shape index (κ2) is 28.6. The predicted octanol–water partition coefficient (Wildman–Crippen LogP) is 10.5. The number of fused-ring (bicyclic) bond motifs is 8. The average molecular weight is 1470 g/mol. The first-order chi connectivity index (χ1) is 49.7. The summed E-state index contributed by atoms with van der Waals surface area (Å²) in [5, 5.41) is 0. The number of rotatable bonds is 22. The molecule has 20 aliphatic rings. The van der Waals surface area contributed by atoms with Crippen LogP contribution in [0.3, 0.4) is 0 Å². The smallest absolute Gasteiger partial charge is 0.464 e. The Morgan fingerprint density at radius 1 is 0.327 bits per heavy atom. The van der Waals surface area contributed by atoms with Crippen molar-refractivity contribution in [3.8, 4) is 0 Å². The van der Waals surface area contributed by atoms with E-state index in [4.69, 9.17) is 101 Å². The molecule has 0 radical (unpaired) electrons. The first-order valence-electron chi connectivity index (χ1n) is 40.3. The van der Waals surface area contributed by atoms with Crippen molar-refractivity contribution >= 4 is 24.1 Å². The van der Waals surface area contributed by atoms with Crippen molar-refractivity contribution in [2.24, 2.45) is 94.7 Å². The maximum atomic E-state index is 14.2. The molecule has 0 aromatic carbocycles. The summed E-state index contributed by atoms with van der Waals surface area (Å²) in [5.41, 5.74) is -3.14. The fraction of sp³-hybridized carbons (Fsp3) is 0.948. The van der Waals surface area contributed by atoms with Gasteiger partial charge in [0.25, 0.3) is 0 Å². The van der Waals surface area contributed by atoms with Gasteiger partial charge in [0.2, 0.25) is 29.4 Å². The van der Waals surface area contributed by atoms with Crippen molar-refractivity contribution in [3.05, 3.63) is 0 Å². The second-order valence-electron chi connectivity index (χ2n) is 35.8. The number of nitrogens with zero attached hydrogens (tertiary/aromatic N) is 2. The highest BCUT2D eigenvalue weighted by molar-refractivity contribution is 5.71. The van der Waals surface area contributed by atoms with Gasteiger partial charge in [-0.1, -0.05) is 55.4 Å². The lowest BCUT2D eigenvalue weighted by Gasteiger charge is -2.60. The van der Waals surface area contributed by atoms with E-state index in [9.17, 15) is 19.2 Å². The predicted molar refractivity (Wildman–Crippen MR) is 359 cm³/mol. The first-order valence-corrected chi connectivity index (χ1v) is 40.3. The Morgan fingerprint density at radius 3 is 0.913 bits per heavy atom. The second-order valence-corrected chi connectivity index (χ2v) is 35.8. The molecule has 8 bridgehead atoms. The molecule has 0 aromatic rings. The summed E-state index contributed by atoms with van der Waals surface area (Å²) >= 11 is 0. The first kappa shape index (κ1) is 75.0. The number of esters is 3. The van der Waals surface area contributed by atoms with Crippen molar-refractivity contribution in [2.45, 2.75) is 300 Å². The monoisotopic (exact) mass is 1470 g/mol. The fourth-order valence-corrected chi connectivity index (χ4v) is 23.5. The molecule has 104 heavy (non-hydrogen) atoms. The van der Waals surface area contributed by atoms with Gasteiger partial charge in [-0.3, -0.25) is 24.2 Å². The highest BCUT2D eigenvalue weighted by Gasteiger charge is 2.74. The largest absolute Gasteiger partial charge is 0.510 e. The zero-order valence-electron chi connectivity index (χ0n) is 63.5. The zero-order chi connectivity index (χ0) is 72.7. The standard InChI is InChI=1S/C77H118N2O25/c1-42-13-17-54-46(5)58(88-65-74(54)50(42)21-25-70(9,93-65)97-101-74)39-61(80)84-35-31-78(32-36-85-62(81)40-59-47(6)55-18-14-43(2)51-22-26-71(10)94-66(89-59)75(51,55)102-98-71)29-30-79(33-37-86-63(82)41-60-48(7)56-19-15-44(3)52-23-27-72(11)95-67(90-60)76(52,56)103-99-72)34-38-87-69(83)92-64-49(8)57-20-16-45(4)53-24-28-73(12)96-68(91-64)77(53,57)104-100-73/h42-60,64-68H,13-41H2,1-12H3/t42-,43-,44-,45-,46-,47-,48-,49-,50+,51+,52+,53+,54+,55+,56+,57+,58?,59?,60?,64?,65-,66-,67-,68-,70+,71+,72+,73+,74-,75-,76-,77-/m1/s1. The lowest BCUT2D eigenvalue weighted by Crippen LogP contribution is -2.70. The quantitative estimate of drug-likeness (QED) is 0.0554. The number of ether oxygens (including phenoxy) is 13. The molecule has 16 aliphatic heterocycles. The van der Waals surface area contributed by atoms with Crippen LogP contribution in [0.15, 0.2) is 0 Å². The molecular formula is C77H118N2O25. The average Bonchev–Trinajstić information content (AvgIpc) is 1.29. The Hall–Kier alpha value is -3.04. The summed E-state index contributed by atoms with van der Waals surface area (Å²) in [7, 11) is 0. The van der Waals surface area contributed by atoms with Gasteiger partial charge < -0.3 is 61.6 Å². The summed E-state index contributed by atoms with van der Waals surface area (Å²) in [6, 6.07) is 0. The van der Waals surface area contributed by atoms with Crippen LogP contribution in [0.25, 0.3) is 0 Å². The van der Waals surface area contributed by atoms with Crippen LogP contribution >= 0.6 is 0 Å². The van der Waals surface area contributed by atoms with Gasteiger partial charge in [-0.25, -0.2) is 43.9 Å². The van der Waals surface area contributed by atoms with Crippen LogP contribution in [0.2, 0.25) is 0 Å². The van der Waals surface area contributed by atoms with E-state index in [2.05, 4.69) is 53.4 Å². The van der Waals surface area contributed by atoms with Crippen molar-refractivity contribution in [2.75, 3.05) is 65.7 Å². The maximum absolute atomic E-state index is 14.2. The van der Waals surface area contributed by atoms with Gasteiger partial charge in [-0.05, 0) is 170 Å². The van der Waals surface area contributed by atoms with E-state index in [-0.39, 0.29) is 143 Å². The van der Waals surface area contributed by atoms with Gasteiger partial charge in [0.15, 0.2) is 47.6 Å². The molecule has 0 N–H and O–H groups in total. The third-order valence-electron chi connectivity index (χ3n) is 29.7. The molecule has 27 heteroatoms. The number of hydrogen-bond acceptors (Lipinski definition) is 27. The van der Waals surface area contributed by atoms with Crippen LogP contribution in [-0.2, 0) is 115 Å². The van der Waals surface area contributed by atoms with Gasteiger partial charge in [0.05, 0.1) is 37.6 Å². The van der Waals surface area contributed by atoms with Crippen molar-refractivity contribution in [1.29, 1.82) is 0 Å². The normalized spacial score (nSPS) is 50.6. The summed E-state index contributed by atoms with van der Waals surface area (Å²) in [6.45, 7) is 26.7. The molecule has 4 spiro atoms. The van der Waals surface area contributed by atoms with Crippen LogP contribution in [0, 0.1) is 94.7 Å². The van der Waals surface area contributed by atoms with E-state index in [1.54, 1.807) is 0 Å². The molecule has 27 nitrogen and oxygen atoms in total. The van der Waals surface area contributed by atoms with Crippen LogP contribution in [0.5, 0.6) is 0 Å².